The third-order valence-corrected chi connectivity index (χ3v) is 5.40. The zero-order valence-electron chi connectivity index (χ0n) is 18.2. The van der Waals surface area contributed by atoms with Crippen LogP contribution in [0.25, 0.3) is 0 Å². The summed E-state index contributed by atoms with van der Waals surface area (Å²) in [6.07, 6.45) is -0.333. The molecule has 0 spiro atoms. The molecule has 0 aliphatic heterocycles. The van der Waals surface area contributed by atoms with E-state index in [2.05, 4.69) is 0 Å². The maximum atomic E-state index is 13.0. The number of carbonyl (C=O) groups is 3. The zero-order valence-corrected chi connectivity index (χ0v) is 18.9. The monoisotopic (exact) mass is 438 g/mol. The normalized spacial score (nSPS) is 26.7. The van der Waals surface area contributed by atoms with Crippen molar-refractivity contribution >= 4 is 29.3 Å². The van der Waals surface area contributed by atoms with Crippen LogP contribution in [0.5, 0.6) is 0 Å². The molecule has 1 N–H and O–H groups in total. The fourth-order valence-electron chi connectivity index (χ4n) is 3.78. The molecule has 166 valence electrons. The second-order valence-corrected chi connectivity index (χ2v) is 9.52. The first kappa shape index (κ1) is 24.4. The van der Waals surface area contributed by atoms with Crippen molar-refractivity contribution in [3.05, 3.63) is 34.9 Å². The van der Waals surface area contributed by atoms with Gasteiger partial charge in [0.05, 0.1) is 24.7 Å². The number of hydrogen-bond acceptors (Lipinski definition) is 6. The lowest BCUT2D eigenvalue weighted by molar-refractivity contribution is -0.173. The highest BCUT2D eigenvalue weighted by atomic mass is 35.5. The molecule has 0 heterocycles. The molecular formula is C23H31ClO6. The van der Waals surface area contributed by atoms with E-state index in [4.69, 9.17) is 21.1 Å². The maximum Gasteiger partial charge on any atom is 0.317 e. The highest BCUT2D eigenvalue weighted by molar-refractivity contribution is 6.30. The first-order chi connectivity index (χ1) is 13.9. The fourth-order valence-corrected chi connectivity index (χ4v) is 3.90. The molecule has 0 aromatic heterocycles. The lowest BCUT2D eigenvalue weighted by Gasteiger charge is -2.43. The average Bonchev–Trinajstić information content (AvgIpc) is 2.63. The number of carbonyl (C=O) groups excluding carboxylic acids is 3. The molecule has 0 amide bonds. The first-order valence-electron chi connectivity index (χ1n) is 10.3. The third kappa shape index (κ3) is 5.82. The summed E-state index contributed by atoms with van der Waals surface area (Å²) in [6, 6.07) is 6.57. The van der Waals surface area contributed by atoms with Crippen molar-refractivity contribution in [2.45, 2.75) is 52.6 Å². The van der Waals surface area contributed by atoms with Gasteiger partial charge in [0.15, 0.2) is 5.78 Å². The summed E-state index contributed by atoms with van der Waals surface area (Å²) >= 11 is 6.00. The van der Waals surface area contributed by atoms with Gasteiger partial charge >= 0.3 is 11.9 Å². The van der Waals surface area contributed by atoms with E-state index < -0.39 is 41.1 Å². The quantitative estimate of drug-likeness (QED) is 0.514. The van der Waals surface area contributed by atoms with Crippen LogP contribution in [-0.4, -0.2) is 41.6 Å². The van der Waals surface area contributed by atoms with Gasteiger partial charge in [-0.25, -0.2) is 0 Å². The van der Waals surface area contributed by atoms with Crippen LogP contribution in [0.1, 0.15) is 52.5 Å². The van der Waals surface area contributed by atoms with Gasteiger partial charge in [-0.15, -0.1) is 0 Å². The van der Waals surface area contributed by atoms with Gasteiger partial charge in [0, 0.05) is 17.4 Å². The van der Waals surface area contributed by atoms with Gasteiger partial charge in [0.25, 0.3) is 0 Å². The van der Waals surface area contributed by atoms with Crippen molar-refractivity contribution in [1.29, 1.82) is 0 Å². The molecule has 1 aliphatic carbocycles. The highest BCUT2D eigenvalue weighted by Gasteiger charge is 2.57. The van der Waals surface area contributed by atoms with E-state index >= 15 is 0 Å². The van der Waals surface area contributed by atoms with Crippen LogP contribution < -0.4 is 0 Å². The number of ether oxygens (including phenoxy) is 2. The van der Waals surface area contributed by atoms with Crippen LogP contribution in [0.2, 0.25) is 5.02 Å². The standard InChI is InChI=1S/C23H31ClO6/c1-13(2)11-29-21(26)19-17(25)10-23(5,28)20(22(27)30-12-14(3)4)18(19)15-6-8-16(24)9-7-15/h6-9,13-14,18-20,28H,10-12H2,1-5H3/t18-,19+,20+,23-/m0/s1. The number of hydrogen-bond donors (Lipinski definition) is 1. The summed E-state index contributed by atoms with van der Waals surface area (Å²) in [5, 5.41) is 11.5. The molecule has 0 radical (unpaired) electrons. The minimum atomic E-state index is -1.66. The Morgan fingerprint density at radius 2 is 1.57 bits per heavy atom. The Morgan fingerprint density at radius 1 is 1.07 bits per heavy atom. The molecule has 1 saturated carbocycles. The van der Waals surface area contributed by atoms with Gasteiger partial charge < -0.3 is 14.6 Å². The van der Waals surface area contributed by atoms with Crippen LogP contribution in [0.3, 0.4) is 0 Å². The Labute approximate surface area is 182 Å². The second-order valence-electron chi connectivity index (χ2n) is 9.08. The van der Waals surface area contributed by atoms with Crippen molar-refractivity contribution < 1.29 is 29.0 Å². The average molecular weight is 439 g/mol. The van der Waals surface area contributed by atoms with Gasteiger partial charge in [-0.3, -0.25) is 14.4 Å². The van der Waals surface area contributed by atoms with Crippen molar-refractivity contribution in [3.63, 3.8) is 0 Å². The van der Waals surface area contributed by atoms with Crippen molar-refractivity contribution in [3.8, 4) is 0 Å². The summed E-state index contributed by atoms with van der Waals surface area (Å²) in [5.41, 5.74) is -1.12. The molecule has 7 heteroatoms. The number of halogens is 1. The fraction of sp³-hybridized carbons (Fsp3) is 0.609. The van der Waals surface area contributed by atoms with Crippen molar-refractivity contribution in [2.75, 3.05) is 13.2 Å². The SMILES string of the molecule is CC(C)COC(=O)[C@@H]1C(=O)C[C@](C)(O)[C@@H](C(=O)OCC(C)C)[C@H]1c1ccc(Cl)cc1. The Balaban J connectivity index is 2.51. The van der Waals surface area contributed by atoms with E-state index in [0.717, 1.165) is 0 Å². The lowest BCUT2D eigenvalue weighted by Crippen LogP contribution is -2.55. The van der Waals surface area contributed by atoms with Gasteiger partial charge in [-0.1, -0.05) is 51.4 Å². The first-order valence-corrected chi connectivity index (χ1v) is 10.7. The molecule has 0 bridgehead atoms. The number of Topliss-reactive ketones (excluding diaryl/α,β-unsaturated/α-hetero) is 1. The van der Waals surface area contributed by atoms with Gasteiger partial charge in [0.2, 0.25) is 0 Å². The molecule has 6 nitrogen and oxygen atoms in total. The van der Waals surface area contributed by atoms with Gasteiger partial charge in [-0.2, -0.15) is 0 Å². The number of esters is 2. The van der Waals surface area contributed by atoms with Crippen LogP contribution in [0.15, 0.2) is 24.3 Å². The summed E-state index contributed by atoms with van der Waals surface area (Å²) in [6.45, 7) is 9.36. The molecule has 4 atom stereocenters. The van der Waals surface area contributed by atoms with Crippen LogP contribution in [0.4, 0.5) is 0 Å². The number of ketones is 1. The Bertz CT molecular complexity index is 768. The van der Waals surface area contributed by atoms with E-state index in [-0.39, 0.29) is 31.5 Å². The number of aliphatic hydroxyl groups is 1. The summed E-state index contributed by atoms with van der Waals surface area (Å²) in [5.74, 6) is -4.82. The minimum Gasteiger partial charge on any atom is -0.465 e. The maximum absolute atomic E-state index is 13.0. The predicted octanol–water partition coefficient (Wildman–Crippen LogP) is 3.78. The minimum absolute atomic E-state index is 0.0940. The molecule has 1 aliphatic rings. The summed E-state index contributed by atoms with van der Waals surface area (Å²) in [7, 11) is 0. The Hall–Kier alpha value is -1.92. The topological polar surface area (TPSA) is 89.9 Å². The molecule has 1 aromatic carbocycles. The van der Waals surface area contributed by atoms with Gasteiger partial charge in [0.1, 0.15) is 5.92 Å². The zero-order chi connectivity index (χ0) is 22.6. The van der Waals surface area contributed by atoms with Crippen molar-refractivity contribution in [1.82, 2.24) is 0 Å². The molecule has 1 fully saturated rings. The molecule has 30 heavy (non-hydrogen) atoms. The van der Waals surface area contributed by atoms with E-state index in [0.29, 0.717) is 10.6 Å². The highest BCUT2D eigenvalue weighted by Crippen LogP contribution is 2.47. The molecule has 2 rings (SSSR count). The summed E-state index contributed by atoms with van der Waals surface area (Å²) < 4.78 is 10.8. The predicted molar refractivity (Wildman–Crippen MR) is 113 cm³/mol. The Morgan fingerprint density at radius 3 is 2.07 bits per heavy atom. The molecule has 1 aromatic rings. The van der Waals surface area contributed by atoms with E-state index in [1.165, 1.54) is 6.92 Å². The van der Waals surface area contributed by atoms with Gasteiger partial charge in [-0.05, 0) is 36.5 Å². The number of rotatable bonds is 7. The Kier molecular flexibility index (Phi) is 8.06. The molecule has 0 unspecified atom stereocenters. The van der Waals surface area contributed by atoms with E-state index in [1.54, 1.807) is 24.3 Å². The molecular weight excluding hydrogens is 408 g/mol. The van der Waals surface area contributed by atoms with Crippen LogP contribution in [-0.2, 0) is 23.9 Å². The lowest BCUT2D eigenvalue weighted by atomic mass is 9.61. The van der Waals surface area contributed by atoms with E-state index in [9.17, 15) is 19.5 Å². The smallest absolute Gasteiger partial charge is 0.317 e. The third-order valence-electron chi connectivity index (χ3n) is 5.15. The second kappa shape index (κ2) is 9.92. The van der Waals surface area contributed by atoms with Crippen molar-refractivity contribution in [2.24, 2.45) is 23.7 Å². The largest absolute Gasteiger partial charge is 0.465 e. The molecule has 0 saturated heterocycles. The van der Waals surface area contributed by atoms with E-state index in [1.807, 2.05) is 27.7 Å². The van der Waals surface area contributed by atoms with Crippen LogP contribution in [0, 0.1) is 23.7 Å². The summed E-state index contributed by atoms with van der Waals surface area (Å²) in [4.78, 5) is 38.9. The number of benzene rings is 1. The van der Waals surface area contributed by atoms with Crippen LogP contribution >= 0.6 is 11.6 Å².